The van der Waals surface area contributed by atoms with E-state index < -0.39 is 17.8 Å². The molecule has 3 aromatic rings. The smallest absolute Gasteiger partial charge is 0.318 e. The van der Waals surface area contributed by atoms with Gasteiger partial charge in [-0.15, -0.1) is 0 Å². The van der Waals surface area contributed by atoms with E-state index in [-0.39, 0.29) is 5.57 Å². The molecule has 1 aliphatic rings. The number of hydrogen-bond acceptors (Lipinski definition) is 3. The number of barbiturate groups is 1. The van der Waals surface area contributed by atoms with Crippen molar-refractivity contribution < 1.29 is 14.4 Å². The van der Waals surface area contributed by atoms with E-state index in [0.717, 1.165) is 38.7 Å². The molecule has 1 saturated heterocycles. The molecule has 0 atom stereocenters. The summed E-state index contributed by atoms with van der Waals surface area (Å²) in [5.41, 5.74) is 6.66. The maximum atomic E-state index is 13.3. The van der Waals surface area contributed by atoms with Gasteiger partial charge in [0.05, 0.1) is 5.69 Å². The molecule has 1 aliphatic heterocycles. The molecule has 4 amide bonds. The summed E-state index contributed by atoms with van der Waals surface area (Å²) >= 11 is 6.19. The minimum atomic E-state index is -0.798. The highest BCUT2D eigenvalue weighted by Crippen LogP contribution is 2.31. The monoisotopic (exact) mass is 461 g/mol. The van der Waals surface area contributed by atoms with Crippen molar-refractivity contribution in [2.75, 3.05) is 4.90 Å². The van der Waals surface area contributed by atoms with Gasteiger partial charge in [-0.3, -0.25) is 14.9 Å². The van der Waals surface area contributed by atoms with Gasteiger partial charge in [0.15, 0.2) is 0 Å². The van der Waals surface area contributed by atoms with E-state index in [4.69, 9.17) is 11.6 Å². The minimum Gasteiger partial charge on any atom is -0.318 e. The molecule has 7 heteroatoms. The standard InChI is InChI=1S/C26H24ClN3O3/c1-14-9-10-15(2)23(11-14)29-16(3)12-19(18(29)5)13-20-24(31)28-26(33)30(25(20)32)22-8-6-7-21(27)17(22)4/h6-13H,1-5H3,(H,28,31,33)/b20-13+. The third kappa shape index (κ3) is 3.87. The van der Waals surface area contributed by atoms with Crippen LogP contribution in [-0.4, -0.2) is 22.4 Å². The quantitative estimate of drug-likeness (QED) is 0.422. The fourth-order valence-corrected chi connectivity index (χ4v) is 4.30. The second-order valence-corrected chi connectivity index (χ2v) is 8.70. The van der Waals surface area contributed by atoms with Gasteiger partial charge in [0.25, 0.3) is 11.8 Å². The maximum absolute atomic E-state index is 13.3. The van der Waals surface area contributed by atoms with Gasteiger partial charge in [-0.25, -0.2) is 9.69 Å². The Morgan fingerprint density at radius 3 is 2.36 bits per heavy atom. The first-order chi connectivity index (χ1) is 15.6. The lowest BCUT2D eigenvalue weighted by molar-refractivity contribution is -0.122. The average Bonchev–Trinajstić information content (AvgIpc) is 3.03. The largest absolute Gasteiger partial charge is 0.335 e. The summed E-state index contributed by atoms with van der Waals surface area (Å²) < 4.78 is 2.10. The Kier molecular flexibility index (Phi) is 5.72. The molecule has 1 aromatic heterocycles. The lowest BCUT2D eigenvalue weighted by Crippen LogP contribution is -2.54. The van der Waals surface area contributed by atoms with Crippen LogP contribution in [0.1, 0.15) is 33.6 Å². The first-order valence-electron chi connectivity index (χ1n) is 10.5. The molecule has 2 aromatic carbocycles. The van der Waals surface area contributed by atoms with Crippen LogP contribution in [0.15, 0.2) is 48.0 Å². The summed E-state index contributed by atoms with van der Waals surface area (Å²) in [5, 5.41) is 2.70. The predicted molar refractivity (Wildman–Crippen MR) is 130 cm³/mol. The van der Waals surface area contributed by atoms with Gasteiger partial charge in [-0.1, -0.05) is 29.8 Å². The normalized spacial score (nSPS) is 15.4. The summed E-state index contributed by atoms with van der Waals surface area (Å²) in [4.78, 5) is 39.5. The third-order valence-corrected chi connectivity index (χ3v) is 6.37. The Morgan fingerprint density at radius 1 is 0.909 bits per heavy atom. The number of hydrogen-bond donors (Lipinski definition) is 1. The molecule has 168 valence electrons. The van der Waals surface area contributed by atoms with Crippen molar-refractivity contribution in [2.45, 2.75) is 34.6 Å². The van der Waals surface area contributed by atoms with Crippen molar-refractivity contribution in [1.29, 1.82) is 0 Å². The molecule has 4 rings (SSSR count). The van der Waals surface area contributed by atoms with Crippen molar-refractivity contribution in [3.63, 3.8) is 0 Å². The van der Waals surface area contributed by atoms with Gasteiger partial charge >= 0.3 is 6.03 Å². The fourth-order valence-electron chi connectivity index (χ4n) is 4.13. The number of amides is 4. The Hall–Kier alpha value is -3.64. The number of benzene rings is 2. The SMILES string of the molecule is Cc1ccc(C)c(-n2c(C)cc(/C=C3\C(=O)NC(=O)N(c4cccc(Cl)c4C)C3=O)c2C)c1. The highest BCUT2D eigenvalue weighted by atomic mass is 35.5. The van der Waals surface area contributed by atoms with Crippen LogP contribution in [0.25, 0.3) is 11.8 Å². The number of carbonyl (C=O) groups is 3. The first-order valence-corrected chi connectivity index (χ1v) is 10.9. The van der Waals surface area contributed by atoms with Gasteiger partial charge in [-0.05, 0) is 87.2 Å². The Labute approximate surface area is 197 Å². The number of nitrogens with zero attached hydrogens (tertiary/aromatic N) is 2. The number of anilines is 1. The van der Waals surface area contributed by atoms with Gasteiger partial charge in [0, 0.05) is 22.1 Å². The van der Waals surface area contributed by atoms with Crippen molar-refractivity contribution in [1.82, 2.24) is 9.88 Å². The zero-order valence-corrected chi connectivity index (χ0v) is 19.9. The van der Waals surface area contributed by atoms with Gasteiger partial charge in [0.1, 0.15) is 5.57 Å². The minimum absolute atomic E-state index is 0.116. The molecule has 33 heavy (non-hydrogen) atoms. The highest BCUT2D eigenvalue weighted by Gasteiger charge is 2.37. The van der Waals surface area contributed by atoms with Crippen molar-refractivity contribution >= 4 is 41.2 Å². The highest BCUT2D eigenvalue weighted by molar-refractivity contribution is 6.40. The van der Waals surface area contributed by atoms with Gasteiger partial charge in [-0.2, -0.15) is 0 Å². The lowest BCUT2D eigenvalue weighted by Gasteiger charge is -2.27. The molecule has 0 spiro atoms. The van der Waals surface area contributed by atoms with Gasteiger partial charge in [0.2, 0.25) is 0 Å². The molecule has 0 saturated carbocycles. The molecule has 0 radical (unpaired) electrons. The second-order valence-electron chi connectivity index (χ2n) is 8.29. The summed E-state index contributed by atoms with van der Waals surface area (Å²) in [7, 11) is 0. The van der Waals surface area contributed by atoms with E-state index in [0.29, 0.717) is 16.3 Å². The number of carbonyl (C=O) groups excluding carboxylic acids is 3. The van der Waals surface area contributed by atoms with Crippen LogP contribution in [0, 0.1) is 34.6 Å². The average molecular weight is 462 g/mol. The number of nitrogens with one attached hydrogen (secondary N) is 1. The van der Waals surface area contributed by atoms with E-state index in [1.54, 1.807) is 31.2 Å². The molecular formula is C26H24ClN3O3. The number of imide groups is 2. The number of halogens is 1. The third-order valence-electron chi connectivity index (χ3n) is 5.96. The van der Waals surface area contributed by atoms with E-state index in [1.807, 2.05) is 33.8 Å². The van der Waals surface area contributed by atoms with Gasteiger partial charge < -0.3 is 4.57 Å². The summed E-state index contributed by atoms with van der Waals surface area (Å²) in [6.07, 6.45) is 1.54. The Bertz CT molecular complexity index is 1370. The van der Waals surface area contributed by atoms with Crippen LogP contribution in [0.5, 0.6) is 0 Å². The fraction of sp³-hybridized carbons (Fsp3) is 0.192. The first kappa shape index (κ1) is 22.6. The zero-order valence-electron chi connectivity index (χ0n) is 19.1. The Morgan fingerprint density at radius 2 is 1.64 bits per heavy atom. The Balaban J connectivity index is 1.81. The number of aromatic nitrogens is 1. The molecular weight excluding hydrogens is 438 g/mol. The van der Waals surface area contributed by atoms with E-state index in [9.17, 15) is 14.4 Å². The van der Waals surface area contributed by atoms with E-state index in [1.165, 1.54) is 0 Å². The van der Waals surface area contributed by atoms with E-state index in [2.05, 4.69) is 28.1 Å². The van der Waals surface area contributed by atoms with Crippen LogP contribution in [0.2, 0.25) is 5.02 Å². The van der Waals surface area contributed by atoms with Crippen molar-refractivity contribution in [2.24, 2.45) is 0 Å². The molecule has 1 N–H and O–H groups in total. The van der Waals surface area contributed by atoms with E-state index >= 15 is 0 Å². The number of aryl methyl sites for hydroxylation is 3. The number of urea groups is 1. The van der Waals surface area contributed by atoms with Crippen molar-refractivity contribution in [3.8, 4) is 5.69 Å². The molecule has 2 heterocycles. The molecule has 1 fully saturated rings. The lowest BCUT2D eigenvalue weighted by atomic mass is 10.1. The molecule has 0 unspecified atom stereocenters. The van der Waals surface area contributed by atoms with Crippen LogP contribution in [0.3, 0.4) is 0 Å². The van der Waals surface area contributed by atoms with Crippen LogP contribution in [0.4, 0.5) is 10.5 Å². The molecule has 0 aliphatic carbocycles. The predicted octanol–water partition coefficient (Wildman–Crippen LogP) is 5.34. The van der Waals surface area contributed by atoms with Crippen molar-refractivity contribution in [3.05, 3.63) is 86.7 Å². The topological polar surface area (TPSA) is 71.4 Å². The summed E-state index contributed by atoms with van der Waals surface area (Å²) in [6.45, 7) is 9.71. The second kappa shape index (κ2) is 8.37. The summed E-state index contributed by atoms with van der Waals surface area (Å²) in [6, 6.07) is 12.3. The summed E-state index contributed by atoms with van der Waals surface area (Å²) in [5.74, 6) is -1.41. The molecule has 6 nitrogen and oxygen atoms in total. The van der Waals surface area contributed by atoms with Crippen LogP contribution >= 0.6 is 11.6 Å². The zero-order chi connectivity index (χ0) is 24.0. The van der Waals surface area contributed by atoms with Crippen LogP contribution in [-0.2, 0) is 9.59 Å². The number of rotatable bonds is 3. The maximum Gasteiger partial charge on any atom is 0.335 e. The molecule has 0 bridgehead atoms. The van der Waals surface area contributed by atoms with Crippen LogP contribution < -0.4 is 10.2 Å².